The van der Waals surface area contributed by atoms with Crippen LogP contribution in [0.15, 0.2) is 53.4 Å². The smallest absolute Gasteiger partial charge is 0.261 e. The highest BCUT2D eigenvalue weighted by molar-refractivity contribution is 7.92. The number of nitrogens with two attached hydrogens (primary N) is 1. The number of rotatable bonds is 8. The van der Waals surface area contributed by atoms with Gasteiger partial charge < -0.3 is 11.1 Å². The first-order valence-electron chi connectivity index (χ1n) is 8.67. The second-order valence-electron chi connectivity index (χ2n) is 6.26. The van der Waals surface area contributed by atoms with Crippen LogP contribution in [0.4, 0.5) is 10.1 Å². The summed E-state index contributed by atoms with van der Waals surface area (Å²) in [6.07, 6.45) is 1.37. The van der Waals surface area contributed by atoms with Crippen LogP contribution >= 0.6 is 12.4 Å². The first-order chi connectivity index (χ1) is 12.8. The van der Waals surface area contributed by atoms with Crippen LogP contribution in [0.2, 0.25) is 0 Å². The van der Waals surface area contributed by atoms with Crippen molar-refractivity contribution in [2.24, 2.45) is 5.73 Å². The number of halogens is 2. The van der Waals surface area contributed by atoms with Gasteiger partial charge in [-0.05, 0) is 49.2 Å². The number of carbonyl (C=O) groups excluding carboxylic acids is 1. The number of hydrogen-bond donors (Lipinski definition) is 3. The van der Waals surface area contributed by atoms with E-state index in [4.69, 9.17) is 5.73 Å². The summed E-state index contributed by atoms with van der Waals surface area (Å²) < 4.78 is 40.7. The number of sulfonamides is 1. The standard InChI is InChI=1S/C19H24FN3O3S.ClH/c1-3-19(4-2,13-21)22-18(24)14-9-11-15(12-10-14)27(25,26)23-17-8-6-5-7-16(17)20;/h5-12,23H,3-4,13,21H2,1-2H3,(H,22,24);1H. The maximum atomic E-state index is 13.7. The minimum Gasteiger partial charge on any atom is -0.345 e. The van der Waals surface area contributed by atoms with Crippen LogP contribution in [0.1, 0.15) is 37.0 Å². The summed E-state index contributed by atoms with van der Waals surface area (Å²) in [5.41, 5.74) is 5.48. The van der Waals surface area contributed by atoms with Gasteiger partial charge in [-0.3, -0.25) is 9.52 Å². The van der Waals surface area contributed by atoms with Crippen molar-refractivity contribution in [1.29, 1.82) is 0 Å². The van der Waals surface area contributed by atoms with E-state index in [9.17, 15) is 17.6 Å². The number of anilines is 1. The fourth-order valence-corrected chi connectivity index (χ4v) is 3.68. The molecule has 0 bridgehead atoms. The quantitative estimate of drug-likeness (QED) is 0.599. The van der Waals surface area contributed by atoms with Crippen molar-refractivity contribution in [1.82, 2.24) is 5.32 Å². The number of hydrogen-bond acceptors (Lipinski definition) is 4. The largest absolute Gasteiger partial charge is 0.345 e. The lowest BCUT2D eigenvalue weighted by Crippen LogP contribution is -2.52. The fourth-order valence-electron chi connectivity index (χ4n) is 2.61. The molecule has 0 saturated heterocycles. The molecule has 0 aromatic heterocycles. The second kappa shape index (κ2) is 9.86. The zero-order valence-corrected chi connectivity index (χ0v) is 17.4. The summed E-state index contributed by atoms with van der Waals surface area (Å²) in [5, 5.41) is 2.92. The summed E-state index contributed by atoms with van der Waals surface area (Å²) in [5.74, 6) is -0.996. The third kappa shape index (κ3) is 5.43. The van der Waals surface area contributed by atoms with Crippen molar-refractivity contribution < 1.29 is 17.6 Å². The number of nitrogens with one attached hydrogen (secondary N) is 2. The number of amides is 1. The number of benzene rings is 2. The molecule has 2 aromatic carbocycles. The normalized spacial score (nSPS) is 11.4. The molecule has 0 aliphatic heterocycles. The number of carbonyl (C=O) groups is 1. The average Bonchev–Trinajstić information content (AvgIpc) is 2.68. The van der Waals surface area contributed by atoms with E-state index in [1.54, 1.807) is 0 Å². The van der Waals surface area contributed by atoms with Crippen LogP contribution in [-0.2, 0) is 10.0 Å². The minimum atomic E-state index is -3.97. The van der Waals surface area contributed by atoms with Crippen molar-refractivity contribution >= 4 is 34.0 Å². The van der Waals surface area contributed by atoms with Gasteiger partial charge in [-0.15, -0.1) is 12.4 Å². The zero-order chi connectivity index (χ0) is 20.1. The molecule has 0 aliphatic rings. The molecule has 9 heteroatoms. The highest BCUT2D eigenvalue weighted by atomic mass is 35.5. The third-order valence-electron chi connectivity index (χ3n) is 4.67. The van der Waals surface area contributed by atoms with Gasteiger partial charge in [0.2, 0.25) is 0 Å². The Labute approximate surface area is 171 Å². The molecule has 2 rings (SSSR count). The lowest BCUT2D eigenvalue weighted by Gasteiger charge is -2.31. The van der Waals surface area contributed by atoms with Crippen molar-refractivity contribution in [3.63, 3.8) is 0 Å². The lowest BCUT2D eigenvalue weighted by atomic mass is 9.92. The van der Waals surface area contributed by atoms with Gasteiger partial charge in [-0.25, -0.2) is 12.8 Å². The van der Waals surface area contributed by atoms with E-state index in [1.165, 1.54) is 42.5 Å². The molecule has 0 atom stereocenters. The second-order valence-corrected chi connectivity index (χ2v) is 7.94. The monoisotopic (exact) mass is 429 g/mol. The van der Waals surface area contributed by atoms with Crippen LogP contribution < -0.4 is 15.8 Å². The minimum absolute atomic E-state index is 0. The van der Waals surface area contributed by atoms with E-state index < -0.39 is 21.4 Å². The maximum absolute atomic E-state index is 13.7. The molecular formula is C19H25ClFN3O3S. The molecule has 154 valence electrons. The number of para-hydroxylation sites is 1. The van der Waals surface area contributed by atoms with Gasteiger partial charge in [0.1, 0.15) is 5.82 Å². The highest BCUT2D eigenvalue weighted by Gasteiger charge is 2.27. The fraction of sp³-hybridized carbons (Fsp3) is 0.316. The Morgan fingerprint density at radius 1 is 1.07 bits per heavy atom. The molecule has 0 aliphatic carbocycles. The molecule has 1 amide bonds. The van der Waals surface area contributed by atoms with Crippen molar-refractivity contribution in [2.75, 3.05) is 11.3 Å². The molecule has 0 unspecified atom stereocenters. The molecular weight excluding hydrogens is 405 g/mol. The first kappa shape index (κ1) is 23.9. The molecule has 0 heterocycles. The summed E-state index contributed by atoms with van der Waals surface area (Å²) in [6, 6.07) is 10.9. The van der Waals surface area contributed by atoms with Gasteiger partial charge in [0.15, 0.2) is 0 Å². The molecule has 4 N–H and O–H groups in total. The van der Waals surface area contributed by atoms with Gasteiger partial charge in [0, 0.05) is 12.1 Å². The van der Waals surface area contributed by atoms with Gasteiger partial charge in [0.25, 0.3) is 15.9 Å². The Balaban J connectivity index is 0.00000392. The van der Waals surface area contributed by atoms with Gasteiger partial charge in [-0.1, -0.05) is 26.0 Å². The van der Waals surface area contributed by atoms with Crippen LogP contribution in [0.3, 0.4) is 0 Å². The Morgan fingerprint density at radius 3 is 2.14 bits per heavy atom. The molecule has 6 nitrogen and oxygen atoms in total. The molecule has 28 heavy (non-hydrogen) atoms. The highest BCUT2D eigenvalue weighted by Crippen LogP contribution is 2.20. The van der Waals surface area contributed by atoms with E-state index >= 15 is 0 Å². The van der Waals surface area contributed by atoms with Crippen LogP contribution in [0.25, 0.3) is 0 Å². The van der Waals surface area contributed by atoms with E-state index in [2.05, 4.69) is 10.0 Å². The van der Waals surface area contributed by atoms with Crippen molar-refractivity contribution in [2.45, 2.75) is 37.1 Å². The summed E-state index contributed by atoms with van der Waals surface area (Å²) in [7, 11) is -3.97. The predicted octanol–water partition coefficient (Wildman–Crippen LogP) is 3.30. The molecule has 0 spiro atoms. The summed E-state index contributed by atoms with van der Waals surface area (Å²) in [6.45, 7) is 4.20. The molecule has 2 aromatic rings. The van der Waals surface area contributed by atoms with Gasteiger partial charge >= 0.3 is 0 Å². The van der Waals surface area contributed by atoms with Crippen LogP contribution in [0.5, 0.6) is 0 Å². The predicted molar refractivity (Wildman–Crippen MR) is 111 cm³/mol. The van der Waals surface area contributed by atoms with Crippen LogP contribution in [-0.4, -0.2) is 26.4 Å². The summed E-state index contributed by atoms with van der Waals surface area (Å²) >= 11 is 0. The van der Waals surface area contributed by atoms with Crippen molar-refractivity contribution in [3.05, 3.63) is 59.9 Å². The Bertz CT molecular complexity index is 893. The molecule has 0 radical (unpaired) electrons. The summed E-state index contributed by atoms with van der Waals surface area (Å²) in [4.78, 5) is 12.4. The maximum Gasteiger partial charge on any atom is 0.261 e. The lowest BCUT2D eigenvalue weighted by molar-refractivity contribution is 0.0895. The van der Waals surface area contributed by atoms with E-state index in [1.807, 2.05) is 13.8 Å². The Morgan fingerprint density at radius 2 is 1.64 bits per heavy atom. The van der Waals surface area contributed by atoms with Crippen LogP contribution in [0, 0.1) is 5.82 Å². The SMILES string of the molecule is CCC(CC)(CN)NC(=O)c1ccc(S(=O)(=O)Nc2ccccc2F)cc1.Cl. The van der Waals surface area contributed by atoms with Crippen molar-refractivity contribution in [3.8, 4) is 0 Å². The Kier molecular flexibility index (Phi) is 8.41. The topological polar surface area (TPSA) is 101 Å². The molecule has 0 saturated carbocycles. The first-order valence-corrected chi connectivity index (χ1v) is 10.1. The third-order valence-corrected chi connectivity index (χ3v) is 6.05. The molecule has 0 fully saturated rings. The van der Waals surface area contributed by atoms with Gasteiger partial charge in [0.05, 0.1) is 16.1 Å². The van der Waals surface area contributed by atoms with E-state index in [0.717, 1.165) is 6.07 Å². The average molecular weight is 430 g/mol. The Hall–Kier alpha value is -2.16. The van der Waals surface area contributed by atoms with E-state index in [-0.39, 0.29) is 28.9 Å². The van der Waals surface area contributed by atoms with E-state index in [0.29, 0.717) is 24.9 Å². The zero-order valence-electron chi connectivity index (χ0n) is 15.7. The van der Waals surface area contributed by atoms with Gasteiger partial charge in [-0.2, -0.15) is 0 Å².